The van der Waals surface area contributed by atoms with Gasteiger partial charge in [0.25, 0.3) is 0 Å². The Morgan fingerprint density at radius 2 is 0.816 bits per heavy atom. The van der Waals surface area contributed by atoms with Gasteiger partial charge in [-0.2, -0.15) is 0 Å². The van der Waals surface area contributed by atoms with Gasteiger partial charge in [-0.25, -0.2) is 4.79 Å². The highest BCUT2D eigenvalue weighted by molar-refractivity contribution is 5.85. The predicted octanol–water partition coefficient (Wildman–Crippen LogP) is 11.8. The first-order valence-electron chi connectivity index (χ1n) is 21.6. The summed E-state index contributed by atoms with van der Waals surface area (Å²) in [5.74, 6) is -1.86. The molecule has 1 N–H and O–H groups in total. The largest absolute Gasteiger partial charge is 0.550 e. The molecule has 1 amide bonds. The van der Waals surface area contributed by atoms with Crippen molar-refractivity contribution in [1.29, 1.82) is 0 Å². The van der Waals surface area contributed by atoms with Crippen LogP contribution in [0.2, 0.25) is 0 Å². The molecule has 0 spiro atoms. The topological polar surface area (TPSA) is 95.5 Å². The summed E-state index contributed by atoms with van der Waals surface area (Å²) in [6.07, 6.45) is 35.8. The number of carboxylic acid groups (broad SMARTS) is 1. The minimum atomic E-state index is -1.21. The van der Waals surface area contributed by atoms with Gasteiger partial charge in [0, 0.05) is 12.4 Å². The number of aliphatic carboxylic acids is 1. The number of carbonyl (C=O) groups excluding carboxylic acids is 3. The second-order valence-corrected chi connectivity index (χ2v) is 15.1. The van der Waals surface area contributed by atoms with Crippen molar-refractivity contribution in [3.63, 3.8) is 0 Å². The summed E-state index contributed by atoms with van der Waals surface area (Å²) in [5, 5.41) is 14.3. The lowest BCUT2D eigenvalue weighted by Crippen LogP contribution is -2.47. The van der Waals surface area contributed by atoms with Gasteiger partial charge in [-0.3, -0.25) is 4.79 Å². The Morgan fingerprint density at radius 1 is 0.490 bits per heavy atom. The first kappa shape index (κ1) is 47.4. The smallest absolute Gasteiger partial charge is 0.329 e. The summed E-state index contributed by atoms with van der Waals surface area (Å²) in [6, 6.07) is -0.952. The van der Waals surface area contributed by atoms with Crippen LogP contribution in [0.3, 0.4) is 0 Å². The number of unbranched alkanes of at least 4 members (excludes halogenated alkanes) is 24. The van der Waals surface area contributed by atoms with Crippen LogP contribution in [-0.4, -0.2) is 29.5 Å². The molecule has 6 heteroatoms. The van der Waals surface area contributed by atoms with Crippen LogP contribution in [0.15, 0.2) is 0 Å². The number of esters is 1. The Morgan fingerprint density at radius 3 is 1.16 bits per heavy atom. The molecule has 49 heavy (non-hydrogen) atoms. The zero-order valence-corrected chi connectivity index (χ0v) is 33.2. The predicted molar refractivity (Wildman–Crippen MR) is 205 cm³/mol. The van der Waals surface area contributed by atoms with Crippen molar-refractivity contribution in [2.45, 2.75) is 258 Å². The van der Waals surface area contributed by atoms with Crippen molar-refractivity contribution in [2.24, 2.45) is 0 Å². The van der Waals surface area contributed by atoms with Gasteiger partial charge in [0.1, 0.15) is 11.6 Å². The molecular formula is C43H82NO5-. The van der Waals surface area contributed by atoms with E-state index in [1.165, 1.54) is 122 Å². The van der Waals surface area contributed by atoms with Crippen molar-refractivity contribution in [1.82, 2.24) is 5.32 Å². The van der Waals surface area contributed by atoms with Gasteiger partial charge in [0.2, 0.25) is 5.91 Å². The van der Waals surface area contributed by atoms with Gasteiger partial charge in [-0.15, -0.1) is 0 Å². The zero-order chi connectivity index (χ0) is 36.3. The van der Waals surface area contributed by atoms with Gasteiger partial charge < -0.3 is 20.0 Å². The monoisotopic (exact) mass is 693 g/mol. The highest BCUT2D eigenvalue weighted by Gasteiger charge is 2.36. The van der Waals surface area contributed by atoms with Crippen molar-refractivity contribution in [2.75, 3.05) is 0 Å². The standard InChI is InChI=1S/C43H83NO5/c1-5-9-13-17-21-22-24-28-32-38-43(36-30-26-19-15-11-7-3,37-31-27-20-16-12-8-4)49-42(48)39(34-35-41(46)47)44-40(45)33-29-25-23-18-14-10-6-2/h39H,5-38H2,1-4H3,(H,44,45)(H,46,47)/p-1/t39-/m0/s1. The van der Waals surface area contributed by atoms with Crippen LogP contribution in [0.4, 0.5) is 0 Å². The average Bonchev–Trinajstić information content (AvgIpc) is 3.08. The van der Waals surface area contributed by atoms with Crippen molar-refractivity contribution in [3.05, 3.63) is 0 Å². The molecule has 0 aliphatic rings. The Labute approximate surface area is 304 Å². The molecule has 0 aromatic rings. The summed E-state index contributed by atoms with van der Waals surface area (Å²) < 4.78 is 6.57. The van der Waals surface area contributed by atoms with E-state index >= 15 is 0 Å². The quantitative estimate of drug-likeness (QED) is 0.0513. The van der Waals surface area contributed by atoms with E-state index in [9.17, 15) is 19.5 Å². The van der Waals surface area contributed by atoms with E-state index in [2.05, 4.69) is 33.0 Å². The normalized spacial score (nSPS) is 12.2. The van der Waals surface area contributed by atoms with E-state index in [4.69, 9.17) is 4.74 Å². The van der Waals surface area contributed by atoms with Gasteiger partial charge in [0.05, 0.1) is 0 Å². The number of carbonyl (C=O) groups is 3. The maximum Gasteiger partial charge on any atom is 0.329 e. The second kappa shape index (κ2) is 34.8. The third-order valence-corrected chi connectivity index (χ3v) is 10.3. The SMILES string of the molecule is CCCCCCCCCCCC(CCCCCCCC)(CCCCCCCC)OC(=O)[C@H](CCC(=O)[O-])NC(=O)CCCCCCCCC. The number of hydrogen-bond donors (Lipinski definition) is 1. The van der Waals surface area contributed by atoms with Gasteiger partial charge in [0.15, 0.2) is 0 Å². The fourth-order valence-corrected chi connectivity index (χ4v) is 7.05. The summed E-state index contributed by atoms with van der Waals surface area (Å²) in [4.78, 5) is 38.4. The highest BCUT2D eigenvalue weighted by Crippen LogP contribution is 2.34. The Balaban J connectivity index is 5.63. The van der Waals surface area contributed by atoms with Crippen LogP contribution in [-0.2, 0) is 19.1 Å². The molecule has 0 aliphatic heterocycles. The summed E-state index contributed by atoms with van der Waals surface area (Å²) in [6.45, 7) is 8.93. The minimum absolute atomic E-state index is 0.00602. The van der Waals surface area contributed by atoms with Crippen LogP contribution in [0.25, 0.3) is 0 Å². The fourth-order valence-electron chi connectivity index (χ4n) is 7.05. The molecule has 290 valence electrons. The average molecular weight is 693 g/mol. The van der Waals surface area contributed by atoms with Crippen LogP contribution >= 0.6 is 0 Å². The third kappa shape index (κ3) is 29.8. The van der Waals surface area contributed by atoms with E-state index in [-0.39, 0.29) is 18.7 Å². The molecular weight excluding hydrogens is 610 g/mol. The number of rotatable bonds is 38. The Hall–Kier alpha value is -1.59. The number of carboxylic acids is 1. The highest BCUT2D eigenvalue weighted by atomic mass is 16.6. The molecule has 0 radical (unpaired) electrons. The number of hydrogen-bond acceptors (Lipinski definition) is 5. The maximum absolute atomic E-state index is 13.9. The van der Waals surface area contributed by atoms with E-state index in [1.54, 1.807) is 0 Å². The van der Waals surface area contributed by atoms with Gasteiger partial charge in [-0.05, 0) is 57.8 Å². The van der Waals surface area contributed by atoms with Crippen LogP contribution in [0, 0.1) is 0 Å². The molecule has 0 rings (SSSR count). The maximum atomic E-state index is 13.9. The van der Waals surface area contributed by atoms with Crippen LogP contribution < -0.4 is 10.4 Å². The lowest BCUT2D eigenvalue weighted by Gasteiger charge is -2.36. The molecule has 0 heterocycles. The molecule has 6 nitrogen and oxygen atoms in total. The molecule has 0 aromatic carbocycles. The number of ether oxygens (including phenoxy) is 1. The molecule has 0 bridgehead atoms. The first-order chi connectivity index (χ1) is 23.8. The fraction of sp³-hybridized carbons (Fsp3) is 0.930. The van der Waals surface area contributed by atoms with Gasteiger partial charge >= 0.3 is 5.97 Å². The molecule has 0 aliphatic carbocycles. The second-order valence-electron chi connectivity index (χ2n) is 15.1. The Bertz CT molecular complexity index is 753. The third-order valence-electron chi connectivity index (χ3n) is 10.3. The first-order valence-corrected chi connectivity index (χ1v) is 21.6. The van der Waals surface area contributed by atoms with Crippen LogP contribution in [0.1, 0.15) is 246 Å². The van der Waals surface area contributed by atoms with Gasteiger partial charge in [-0.1, -0.05) is 182 Å². The van der Waals surface area contributed by atoms with E-state index in [0.29, 0.717) is 6.42 Å². The lowest BCUT2D eigenvalue weighted by atomic mass is 9.84. The van der Waals surface area contributed by atoms with E-state index in [0.717, 1.165) is 77.0 Å². The molecule has 0 fully saturated rings. The van der Waals surface area contributed by atoms with Crippen molar-refractivity contribution >= 4 is 17.8 Å². The van der Waals surface area contributed by atoms with E-state index < -0.39 is 23.6 Å². The molecule has 0 unspecified atom stereocenters. The lowest BCUT2D eigenvalue weighted by molar-refractivity contribution is -0.305. The summed E-state index contributed by atoms with van der Waals surface area (Å²) in [5.41, 5.74) is -0.559. The summed E-state index contributed by atoms with van der Waals surface area (Å²) in [7, 11) is 0. The Kier molecular flexibility index (Phi) is 33.7. The van der Waals surface area contributed by atoms with Crippen molar-refractivity contribution in [3.8, 4) is 0 Å². The minimum Gasteiger partial charge on any atom is -0.550 e. The zero-order valence-electron chi connectivity index (χ0n) is 33.2. The van der Waals surface area contributed by atoms with E-state index in [1.807, 2.05) is 0 Å². The number of nitrogens with one attached hydrogen (secondary N) is 1. The molecule has 1 atom stereocenters. The molecule has 0 saturated carbocycles. The molecule has 0 aromatic heterocycles. The molecule has 0 saturated heterocycles. The summed E-state index contributed by atoms with van der Waals surface area (Å²) >= 11 is 0. The van der Waals surface area contributed by atoms with Crippen molar-refractivity contribution < 1.29 is 24.2 Å². The van der Waals surface area contributed by atoms with Crippen LogP contribution in [0.5, 0.6) is 0 Å². The number of amides is 1.